The van der Waals surface area contributed by atoms with E-state index in [1.807, 2.05) is 25.1 Å². The Morgan fingerprint density at radius 3 is 2.53 bits per heavy atom. The molecule has 0 aliphatic carbocycles. The maximum Gasteiger partial charge on any atom is 0.338 e. The van der Waals surface area contributed by atoms with Crippen LogP contribution in [0.5, 0.6) is 0 Å². The highest BCUT2D eigenvalue weighted by Crippen LogP contribution is 2.25. The van der Waals surface area contributed by atoms with Crippen molar-refractivity contribution in [1.29, 1.82) is 0 Å². The van der Waals surface area contributed by atoms with Gasteiger partial charge in [0.05, 0.1) is 28.5 Å². The number of carbonyl (C=O) groups excluding carboxylic acids is 1. The number of benzene rings is 2. The van der Waals surface area contributed by atoms with Crippen LogP contribution in [0.1, 0.15) is 34.1 Å². The van der Waals surface area contributed by atoms with E-state index in [-0.39, 0.29) is 17.3 Å². The minimum atomic E-state index is -3.51. The van der Waals surface area contributed by atoms with E-state index in [2.05, 4.69) is 5.10 Å². The molecule has 0 radical (unpaired) electrons. The lowest BCUT2D eigenvalue weighted by Crippen LogP contribution is -2.06. The number of sulfone groups is 1. The molecule has 0 aliphatic rings. The minimum Gasteiger partial charge on any atom is -0.462 e. The highest BCUT2D eigenvalue weighted by atomic mass is 32.2. The fraction of sp³-hybridized carbons (Fsp3) is 0.273. The van der Waals surface area contributed by atoms with Gasteiger partial charge in [0.2, 0.25) is 0 Å². The third-order valence-electron chi connectivity index (χ3n) is 4.69. The van der Waals surface area contributed by atoms with E-state index < -0.39 is 15.7 Å². The SMILES string of the molecule is CCOC(=O)c1ccc(-c2cc(Cc3cc(F)cc(S(C)(=O)=O)c3)nn2C)cc1C. The fourth-order valence-corrected chi connectivity index (χ4v) is 3.98. The Kier molecular flexibility index (Phi) is 6.07. The van der Waals surface area contributed by atoms with Crippen LogP contribution in [0.15, 0.2) is 47.4 Å². The van der Waals surface area contributed by atoms with Crippen LogP contribution >= 0.6 is 0 Å². The van der Waals surface area contributed by atoms with Crippen molar-refractivity contribution in [1.82, 2.24) is 9.78 Å². The van der Waals surface area contributed by atoms with E-state index in [1.165, 1.54) is 12.1 Å². The molecule has 3 aromatic rings. The maximum absolute atomic E-state index is 13.9. The first-order valence-corrected chi connectivity index (χ1v) is 11.3. The molecule has 0 amide bonds. The second-order valence-corrected chi connectivity index (χ2v) is 9.15. The smallest absolute Gasteiger partial charge is 0.338 e. The Labute approximate surface area is 175 Å². The van der Waals surface area contributed by atoms with Gasteiger partial charge in [-0.05, 0) is 61.4 Å². The van der Waals surface area contributed by atoms with Gasteiger partial charge in [-0.25, -0.2) is 17.6 Å². The molecule has 1 aromatic heterocycles. The predicted octanol–water partition coefficient (Wildman–Crippen LogP) is 3.71. The highest BCUT2D eigenvalue weighted by Gasteiger charge is 2.15. The summed E-state index contributed by atoms with van der Waals surface area (Å²) in [6, 6.07) is 11.1. The molecule has 0 unspecified atom stereocenters. The number of halogens is 1. The van der Waals surface area contributed by atoms with Gasteiger partial charge in [-0.3, -0.25) is 4.68 Å². The summed E-state index contributed by atoms with van der Waals surface area (Å²) in [5, 5.41) is 4.47. The van der Waals surface area contributed by atoms with Gasteiger partial charge in [-0.1, -0.05) is 6.07 Å². The summed E-state index contributed by atoms with van der Waals surface area (Å²) < 4.78 is 44.2. The van der Waals surface area contributed by atoms with Gasteiger partial charge in [-0.15, -0.1) is 0 Å². The Hall–Kier alpha value is -3.00. The van der Waals surface area contributed by atoms with Crippen molar-refractivity contribution in [2.45, 2.75) is 25.2 Å². The zero-order valence-electron chi connectivity index (χ0n) is 17.3. The summed E-state index contributed by atoms with van der Waals surface area (Å²) >= 11 is 0. The average molecular weight is 431 g/mol. The third kappa shape index (κ3) is 4.76. The summed E-state index contributed by atoms with van der Waals surface area (Å²) in [4.78, 5) is 11.9. The zero-order valence-corrected chi connectivity index (χ0v) is 18.1. The fourth-order valence-electron chi connectivity index (χ4n) is 3.29. The molecule has 2 aromatic carbocycles. The van der Waals surface area contributed by atoms with Crippen molar-refractivity contribution in [2.75, 3.05) is 12.9 Å². The molecule has 0 saturated carbocycles. The normalized spacial score (nSPS) is 11.5. The molecular weight excluding hydrogens is 407 g/mol. The molecule has 0 aliphatic heterocycles. The van der Waals surface area contributed by atoms with E-state index in [0.29, 0.717) is 23.4 Å². The number of carbonyl (C=O) groups is 1. The number of hydrogen-bond acceptors (Lipinski definition) is 5. The quantitative estimate of drug-likeness (QED) is 0.557. The molecular formula is C22H23FN2O4S. The molecule has 0 atom stereocenters. The van der Waals surface area contributed by atoms with E-state index in [0.717, 1.165) is 29.1 Å². The van der Waals surface area contributed by atoms with Gasteiger partial charge in [0, 0.05) is 25.3 Å². The summed E-state index contributed by atoms with van der Waals surface area (Å²) in [6.07, 6.45) is 1.33. The van der Waals surface area contributed by atoms with Crippen molar-refractivity contribution in [3.05, 3.63) is 70.7 Å². The molecule has 6 nitrogen and oxygen atoms in total. The molecule has 158 valence electrons. The minimum absolute atomic E-state index is 0.0566. The molecule has 0 fully saturated rings. The Morgan fingerprint density at radius 1 is 1.17 bits per heavy atom. The largest absolute Gasteiger partial charge is 0.462 e. The second kappa shape index (κ2) is 8.39. The van der Waals surface area contributed by atoms with Crippen LogP contribution < -0.4 is 0 Å². The number of aromatic nitrogens is 2. The average Bonchev–Trinajstić information content (AvgIpc) is 3.00. The van der Waals surface area contributed by atoms with Crippen molar-refractivity contribution >= 4 is 15.8 Å². The van der Waals surface area contributed by atoms with Crippen LogP contribution in [0, 0.1) is 12.7 Å². The van der Waals surface area contributed by atoms with Crippen LogP contribution in [0.3, 0.4) is 0 Å². The summed E-state index contributed by atoms with van der Waals surface area (Å²) in [7, 11) is -1.72. The Balaban J connectivity index is 1.91. The molecule has 1 heterocycles. The molecule has 0 saturated heterocycles. The number of rotatable bonds is 6. The van der Waals surface area contributed by atoms with Gasteiger partial charge in [0.15, 0.2) is 9.84 Å². The van der Waals surface area contributed by atoms with Crippen LogP contribution in [0.25, 0.3) is 11.3 Å². The van der Waals surface area contributed by atoms with Gasteiger partial charge < -0.3 is 4.74 Å². The first-order valence-electron chi connectivity index (χ1n) is 9.39. The standard InChI is InChI=1S/C22H23FN2O4S/c1-5-29-22(26)20-7-6-16(8-14(20)2)21-13-18(24-25(21)3)10-15-9-17(23)12-19(11-15)30(4,27)28/h6-9,11-13H,5,10H2,1-4H3. The maximum atomic E-state index is 13.9. The van der Waals surface area contributed by atoms with E-state index in [1.54, 1.807) is 24.7 Å². The van der Waals surface area contributed by atoms with Crippen LogP contribution in [0.4, 0.5) is 4.39 Å². The van der Waals surface area contributed by atoms with Gasteiger partial charge >= 0.3 is 5.97 Å². The Morgan fingerprint density at radius 2 is 1.90 bits per heavy atom. The topological polar surface area (TPSA) is 78.3 Å². The predicted molar refractivity (Wildman–Crippen MR) is 112 cm³/mol. The number of aryl methyl sites for hydroxylation is 2. The second-order valence-electron chi connectivity index (χ2n) is 7.14. The van der Waals surface area contributed by atoms with E-state index >= 15 is 0 Å². The third-order valence-corrected chi connectivity index (χ3v) is 5.78. The Bertz CT molecular complexity index is 1220. The molecule has 0 bridgehead atoms. The monoisotopic (exact) mass is 430 g/mol. The van der Waals surface area contributed by atoms with Crippen LogP contribution in [-0.4, -0.2) is 37.0 Å². The van der Waals surface area contributed by atoms with Gasteiger partial charge in [0.1, 0.15) is 5.82 Å². The first-order chi connectivity index (χ1) is 14.1. The number of esters is 1. The van der Waals surface area contributed by atoms with E-state index in [4.69, 9.17) is 4.74 Å². The molecule has 0 spiro atoms. The lowest BCUT2D eigenvalue weighted by molar-refractivity contribution is 0.0525. The number of ether oxygens (including phenoxy) is 1. The highest BCUT2D eigenvalue weighted by molar-refractivity contribution is 7.90. The van der Waals surface area contributed by atoms with Gasteiger partial charge in [-0.2, -0.15) is 5.10 Å². The summed E-state index contributed by atoms with van der Waals surface area (Å²) in [5.74, 6) is -0.964. The van der Waals surface area contributed by atoms with Crippen LogP contribution in [-0.2, 0) is 28.0 Å². The molecule has 3 rings (SSSR count). The lowest BCUT2D eigenvalue weighted by atomic mass is 10.0. The van der Waals surface area contributed by atoms with Crippen molar-refractivity contribution in [3.8, 4) is 11.3 Å². The first kappa shape index (κ1) is 21.7. The van der Waals surface area contributed by atoms with Crippen molar-refractivity contribution in [3.63, 3.8) is 0 Å². The lowest BCUT2D eigenvalue weighted by Gasteiger charge is -2.08. The number of hydrogen-bond donors (Lipinski definition) is 0. The van der Waals surface area contributed by atoms with Crippen molar-refractivity contribution in [2.24, 2.45) is 7.05 Å². The zero-order chi connectivity index (χ0) is 22.1. The van der Waals surface area contributed by atoms with E-state index in [9.17, 15) is 17.6 Å². The van der Waals surface area contributed by atoms with Crippen molar-refractivity contribution < 1.29 is 22.3 Å². The molecule has 8 heteroatoms. The summed E-state index contributed by atoms with van der Waals surface area (Å²) in [6.45, 7) is 3.91. The van der Waals surface area contributed by atoms with Gasteiger partial charge in [0.25, 0.3) is 0 Å². The molecule has 0 N–H and O–H groups in total. The van der Waals surface area contributed by atoms with Crippen LogP contribution in [0.2, 0.25) is 0 Å². The number of nitrogens with zero attached hydrogens (tertiary/aromatic N) is 2. The molecule has 30 heavy (non-hydrogen) atoms. The summed E-state index contributed by atoms with van der Waals surface area (Å²) in [5.41, 5.74) is 4.19.